The highest BCUT2D eigenvalue weighted by Gasteiger charge is 2.08. The summed E-state index contributed by atoms with van der Waals surface area (Å²) in [7, 11) is 0. The summed E-state index contributed by atoms with van der Waals surface area (Å²) in [5.74, 6) is -0.472. The Hall–Kier alpha value is -1.09. The molecule has 0 aliphatic rings. The Morgan fingerprint density at radius 1 is 1.46 bits per heavy atom. The molecule has 0 aromatic carbocycles. The largest absolute Gasteiger partial charge is 0.460 e. The molecule has 0 rings (SSSR count). The van der Waals surface area contributed by atoms with Crippen LogP contribution in [0.2, 0.25) is 0 Å². The zero-order valence-electron chi connectivity index (χ0n) is 8.17. The number of ether oxygens (including phenoxy) is 1. The second kappa shape index (κ2) is 5.54. The molecule has 13 heavy (non-hydrogen) atoms. The third-order valence-electron chi connectivity index (χ3n) is 1.34. The van der Waals surface area contributed by atoms with Gasteiger partial charge in [0.15, 0.2) is 0 Å². The van der Waals surface area contributed by atoms with Crippen LogP contribution in [0.1, 0.15) is 20.3 Å². The van der Waals surface area contributed by atoms with Crippen LogP contribution in [0.5, 0.6) is 0 Å². The molecule has 0 bridgehead atoms. The molecule has 1 atom stereocenters. The number of carbonyl (C=O) groups is 1. The number of aliphatic hydroxyl groups is 1. The number of hydrogen-bond donors (Lipinski definition) is 1. The highest BCUT2D eigenvalue weighted by atomic mass is 16.5. The van der Waals surface area contributed by atoms with E-state index in [9.17, 15) is 9.90 Å². The minimum atomic E-state index is -0.666. The Labute approximate surface area is 78.7 Å². The number of hydrogen-bond acceptors (Lipinski definition) is 3. The quantitative estimate of drug-likeness (QED) is 0.399. The monoisotopic (exact) mass is 184 g/mol. The van der Waals surface area contributed by atoms with E-state index in [1.54, 1.807) is 6.92 Å². The van der Waals surface area contributed by atoms with Crippen LogP contribution in [-0.4, -0.2) is 23.8 Å². The first-order valence-corrected chi connectivity index (χ1v) is 4.08. The predicted octanol–water partition coefficient (Wildman–Crippen LogP) is 1.43. The van der Waals surface area contributed by atoms with Crippen LogP contribution in [0.15, 0.2) is 24.3 Å². The molecule has 0 radical (unpaired) electrons. The zero-order chi connectivity index (χ0) is 10.4. The maximum Gasteiger partial charge on any atom is 0.333 e. The van der Waals surface area contributed by atoms with Crippen molar-refractivity contribution in [2.45, 2.75) is 26.4 Å². The van der Waals surface area contributed by atoms with Gasteiger partial charge in [-0.3, -0.25) is 0 Å². The van der Waals surface area contributed by atoms with E-state index in [4.69, 9.17) is 4.74 Å². The van der Waals surface area contributed by atoms with E-state index in [0.29, 0.717) is 12.0 Å². The fourth-order valence-corrected chi connectivity index (χ4v) is 0.756. The topological polar surface area (TPSA) is 46.5 Å². The molecule has 0 aromatic rings. The van der Waals surface area contributed by atoms with Crippen LogP contribution in [0.4, 0.5) is 0 Å². The van der Waals surface area contributed by atoms with Crippen molar-refractivity contribution in [2.24, 2.45) is 0 Å². The van der Waals surface area contributed by atoms with Crippen molar-refractivity contribution in [2.75, 3.05) is 6.61 Å². The molecule has 3 heteroatoms. The molecule has 0 amide bonds. The van der Waals surface area contributed by atoms with Gasteiger partial charge in [0.1, 0.15) is 6.61 Å². The van der Waals surface area contributed by atoms with Gasteiger partial charge in [0.05, 0.1) is 6.10 Å². The summed E-state index contributed by atoms with van der Waals surface area (Å²) in [5, 5.41) is 9.28. The van der Waals surface area contributed by atoms with Gasteiger partial charge in [-0.25, -0.2) is 4.79 Å². The summed E-state index contributed by atoms with van der Waals surface area (Å²) in [6.45, 7) is 10.4. The van der Waals surface area contributed by atoms with Gasteiger partial charge in [-0.1, -0.05) is 12.2 Å². The van der Waals surface area contributed by atoms with Crippen molar-refractivity contribution in [1.82, 2.24) is 0 Å². The van der Waals surface area contributed by atoms with Crippen molar-refractivity contribution < 1.29 is 14.6 Å². The first kappa shape index (κ1) is 11.9. The SMILES string of the molecule is C=C(C)CC(O)COC(=O)C(=C)C. The fourth-order valence-electron chi connectivity index (χ4n) is 0.756. The molecule has 0 aliphatic carbocycles. The zero-order valence-corrected chi connectivity index (χ0v) is 8.17. The lowest BCUT2D eigenvalue weighted by molar-refractivity contribution is -0.141. The van der Waals surface area contributed by atoms with Gasteiger partial charge in [0, 0.05) is 5.57 Å². The molecule has 3 nitrogen and oxygen atoms in total. The van der Waals surface area contributed by atoms with E-state index in [2.05, 4.69) is 13.2 Å². The van der Waals surface area contributed by atoms with Crippen molar-refractivity contribution in [3.63, 3.8) is 0 Å². The number of aliphatic hydroxyl groups excluding tert-OH is 1. The third kappa shape index (κ3) is 6.11. The Bertz CT molecular complexity index is 218. The molecule has 1 unspecified atom stereocenters. The molecule has 1 N–H and O–H groups in total. The number of rotatable bonds is 5. The Morgan fingerprint density at radius 2 is 2.00 bits per heavy atom. The van der Waals surface area contributed by atoms with Crippen molar-refractivity contribution in [1.29, 1.82) is 0 Å². The standard InChI is InChI=1S/C10H16O3/c1-7(2)5-9(11)6-13-10(12)8(3)4/h9,11H,1,3,5-6H2,2,4H3. The number of carbonyl (C=O) groups excluding carboxylic acids is 1. The molecule has 0 aliphatic heterocycles. The van der Waals surface area contributed by atoms with Crippen LogP contribution in [0.25, 0.3) is 0 Å². The first-order valence-electron chi connectivity index (χ1n) is 4.08. The van der Waals surface area contributed by atoms with Gasteiger partial charge in [0.25, 0.3) is 0 Å². The second-order valence-corrected chi connectivity index (χ2v) is 3.19. The van der Waals surface area contributed by atoms with Crippen molar-refractivity contribution in [3.05, 3.63) is 24.3 Å². The van der Waals surface area contributed by atoms with Crippen LogP contribution in [0, 0.1) is 0 Å². The summed E-state index contributed by atoms with van der Waals surface area (Å²) in [6.07, 6.45) is -0.218. The molecule has 0 heterocycles. The highest BCUT2D eigenvalue weighted by Crippen LogP contribution is 2.03. The molecule has 0 saturated carbocycles. The first-order chi connectivity index (χ1) is 5.93. The van der Waals surface area contributed by atoms with E-state index < -0.39 is 12.1 Å². The van der Waals surface area contributed by atoms with E-state index in [1.807, 2.05) is 6.92 Å². The van der Waals surface area contributed by atoms with Crippen molar-refractivity contribution in [3.8, 4) is 0 Å². The Balaban J connectivity index is 3.70. The molecular weight excluding hydrogens is 168 g/mol. The lowest BCUT2D eigenvalue weighted by Crippen LogP contribution is -2.18. The van der Waals surface area contributed by atoms with Gasteiger partial charge >= 0.3 is 5.97 Å². The summed E-state index contributed by atoms with van der Waals surface area (Å²) >= 11 is 0. The average molecular weight is 184 g/mol. The van der Waals surface area contributed by atoms with Gasteiger partial charge < -0.3 is 9.84 Å². The maximum absolute atomic E-state index is 10.9. The maximum atomic E-state index is 10.9. The lowest BCUT2D eigenvalue weighted by atomic mass is 10.1. The second-order valence-electron chi connectivity index (χ2n) is 3.19. The van der Waals surface area contributed by atoms with E-state index >= 15 is 0 Å². The molecular formula is C10H16O3. The molecule has 0 fully saturated rings. The van der Waals surface area contributed by atoms with Crippen LogP contribution < -0.4 is 0 Å². The summed E-state index contributed by atoms with van der Waals surface area (Å²) < 4.78 is 4.74. The minimum Gasteiger partial charge on any atom is -0.460 e. The minimum absolute atomic E-state index is 0.00144. The smallest absolute Gasteiger partial charge is 0.333 e. The summed E-state index contributed by atoms with van der Waals surface area (Å²) in [4.78, 5) is 10.9. The Morgan fingerprint density at radius 3 is 2.38 bits per heavy atom. The normalized spacial score (nSPS) is 11.9. The number of esters is 1. The molecule has 0 spiro atoms. The van der Waals surface area contributed by atoms with Gasteiger partial charge in [-0.15, -0.1) is 6.58 Å². The highest BCUT2D eigenvalue weighted by molar-refractivity contribution is 5.86. The van der Waals surface area contributed by atoms with E-state index in [0.717, 1.165) is 5.57 Å². The molecule has 74 valence electrons. The van der Waals surface area contributed by atoms with Crippen LogP contribution in [-0.2, 0) is 9.53 Å². The van der Waals surface area contributed by atoms with Gasteiger partial charge in [0.2, 0.25) is 0 Å². The predicted molar refractivity (Wildman–Crippen MR) is 51.2 cm³/mol. The molecule has 0 aromatic heterocycles. The van der Waals surface area contributed by atoms with Gasteiger partial charge in [-0.2, -0.15) is 0 Å². The lowest BCUT2D eigenvalue weighted by Gasteiger charge is -2.10. The summed E-state index contributed by atoms with van der Waals surface area (Å²) in [5.41, 5.74) is 1.20. The Kier molecular flexibility index (Phi) is 5.07. The van der Waals surface area contributed by atoms with Crippen molar-refractivity contribution >= 4 is 5.97 Å². The van der Waals surface area contributed by atoms with Crippen LogP contribution >= 0.6 is 0 Å². The summed E-state index contributed by atoms with van der Waals surface area (Å²) in [6, 6.07) is 0. The average Bonchev–Trinajstić information content (AvgIpc) is 1.98. The van der Waals surface area contributed by atoms with E-state index in [1.165, 1.54) is 0 Å². The molecule has 0 saturated heterocycles. The van der Waals surface area contributed by atoms with Gasteiger partial charge in [-0.05, 0) is 20.3 Å². The third-order valence-corrected chi connectivity index (χ3v) is 1.34. The fraction of sp³-hybridized carbons (Fsp3) is 0.500. The van der Waals surface area contributed by atoms with Crippen LogP contribution in [0.3, 0.4) is 0 Å². The van der Waals surface area contributed by atoms with E-state index in [-0.39, 0.29) is 6.61 Å².